The highest BCUT2D eigenvalue weighted by molar-refractivity contribution is 4.75. The summed E-state index contributed by atoms with van der Waals surface area (Å²) in [6, 6.07) is 1.84. The quantitative estimate of drug-likeness (QED) is 0.527. The maximum absolute atomic E-state index is 2.72. The van der Waals surface area contributed by atoms with Crippen molar-refractivity contribution in [2.75, 3.05) is 26.2 Å². The molecule has 0 aromatic heterocycles. The average molecular weight is 339 g/mol. The molecule has 0 N–H and O–H groups in total. The van der Waals surface area contributed by atoms with E-state index in [0.717, 1.165) is 12.1 Å². The van der Waals surface area contributed by atoms with Crippen LogP contribution in [0.2, 0.25) is 0 Å². The highest BCUT2D eigenvalue weighted by atomic mass is 15.1. The molecule has 2 saturated carbocycles. The van der Waals surface area contributed by atoms with E-state index >= 15 is 0 Å². The highest BCUT2D eigenvalue weighted by Gasteiger charge is 2.19. The predicted octanol–water partition coefficient (Wildman–Crippen LogP) is 6.10. The summed E-state index contributed by atoms with van der Waals surface area (Å²) in [5.41, 5.74) is 0. The van der Waals surface area contributed by atoms with Crippen LogP contribution in [0.4, 0.5) is 0 Å². The van der Waals surface area contributed by atoms with Crippen molar-refractivity contribution in [1.82, 2.24) is 9.80 Å². The lowest BCUT2D eigenvalue weighted by molar-refractivity contribution is 0.156. The van der Waals surface area contributed by atoms with Crippen molar-refractivity contribution in [1.29, 1.82) is 0 Å². The predicted molar refractivity (Wildman–Crippen MR) is 109 cm³/mol. The molecular formula is C22H46N2. The third-order valence-electron chi connectivity index (χ3n) is 6.02. The zero-order chi connectivity index (χ0) is 17.6. The molecule has 24 heavy (non-hydrogen) atoms. The molecule has 2 fully saturated rings. The van der Waals surface area contributed by atoms with Crippen LogP contribution in [-0.2, 0) is 0 Å². The lowest BCUT2D eigenvalue weighted by atomic mass is 9.94. The van der Waals surface area contributed by atoms with Gasteiger partial charge in [0.1, 0.15) is 0 Å². The van der Waals surface area contributed by atoms with Crippen LogP contribution in [0.3, 0.4) is 0 Å². The summed E-state index contributed by atoms with van der Waals surface area (Å²) in [7, 11) is 0. The van der Waals surface area contributed by atoms with E-state index in [-0.39, 0.29) is 0 Å². The van der Waals surface area contributed by atoms with Gasteiger partial charge in [-0.15, -0.1) is 0 Å². The number of nitrogens with zero attached hydrogens (tertiary/aromatic N) is 2. The van der Waals surface area contributed by atoms with Crippen LogP contribution in [0, 0.1) is 0 Å². The Balaban J connectivity index is 0.000000243. The van der Waals surface area contributed by atoms with Crippen LogP contribution in [0.15, 0.2) is 0 Å². The Hall–Kier alpha value is -0.0800. The lowest BCUT2D eigenvalue weighted by Crippen LogP contribution is -2.37. The monoisotopic (exact) mass is 338 g/mol. The minimum absolute atomic E-state index is 0.916. The van der Waals surface area contributed by atoms with Crippen LogP contribution in [-0.4, -0.2) is 48.1 Å². The van der Waals surface area contributed by atoms with Gasteiger partial charge in [0.15, 0.2) is 0 Å². The third kappa shape index (κ3) is 8.34. The normalized spacial score (nSPS) is 20.2. The molecule has 0 aromatic carbocycles. The molecule has 0 spiro atoms. The number of hydrogen-bond donors (Lipinski definition) is 0. The number of hydrogen-bond acceptors (Lipinski definition) is 2. The number of rotatable bonds is 8. The summed E-state index contributed by atoms with van der Waals surface area (Å²) in [5, 5.41) is 0. The second-order valence-corrected chi connectivity index (χ2v) is 7.84. The molecule has 0 heterocycles. The van der Waals surface area contributed by atoms with Gasteiger partial charge in [0.2, 0.25) is 0 Å². The largest absolute Gasteiger partial charge is 0.301 e. The molecule has 2 heteroatoms. The van der Waals surface area contributed by atoms with Crippen LogP contribution < -0.4 is 0 Å². The van der Waals surface area contributed by atoms with Crippen molar-refractivity contribution in [3.63, 3.8) is 0 Å². The van der Waals surface area contributed by atoms with Crippen LogP contribution in [0.5, 0.6) is 0 Å². The smallest absolute Gasteiger partial charge is 0.00952 e. The van der Waals surface area contributed by atoms with E-state index in [1.165, 1.54) is 103 Å². The van der Waals surface area contributed by atoms with Crippen LogP contribution >= 0.6 is 0 Å². The molecule has 0 atom stereocenters. The first-order valence-electron chi connectivity index (χ1n) is 11.2. The fraction of sp³-hybridized carbons (Fsp3) is 1.00. The molecule has 0 radical (unpaired) electrons. The summed E-state index contributed by atoms with van der Waals surface area (Å²) >= 11 is 0. The van der Waals surface area contributed by atoms with Crippen molar-refractivity contribution in [3.05, 3.63) is 0 Å². The molecule has 2 rings (SSSR count). The van der Waals surface area contributed by atoms with Gasteiger partial charge in [-0.25, -0.2) is 0 Å². The minimum Gasteiger partial charge on any atom is -0.301 e. The van der Waals surface area contributed by atoms with Gasteiger partial charge in [0.25, 0.3) is 0 Å². The fourth-order valence-electron chi connectivity index (χ4n) is 4.68. The fourth-order valence-corrected chi connectivity index (χ4v) is 4.68. The van der Waals surface area contributed by atoms with Crippen molar-refractivity contribution in [3.8, 4) is 0 Å². The second kappa shape index (κ2) is 14.1. The highest BCUT2D eigenvalue weighted by Crippen LogP contribution is 2.23. The first-order chi connectivity index (χ1) is 11.8. The first kappa shape index (κ1) is 22.0. The molecule has 0 bridgehead atoms. The van der Waals surface area contributed by atoms with Crippen molar-refractivity contribution in [2.24, 2.45) is 0 Å². The Kier molecular flexibility index (Phi) is 12.9. The molecule has 0 unspecified atom stereocenters. The Labute approximate surface area is 153 Å². The Morgan fingerprint density at radius 3 is 1.25 bits per heavy atom. The Morgan fingerprint density at radius 1 is 0.542 bits per heavy atom. The molecule has 0 amide bonds. The summed E-state index contributed by atoms with van der Waals surface area (Å²) in [6.45, 7) is 14.3. The minimum atomic E-state index is 0.916. The van der Waals surface area contributed by atoms with E-state index in [0.29, 0.717) is 0 Å². The van der Waals surface area contributed by atoms with Gasteiger partial charge in [-0.3, -0.25) is 0 Å². The Morgan fingerprint density at radius 2 is 0.917 bits per heavy atom. The van der Waals surface area contributed by atoms with Crippen molar-refractivity contribution in [2.45, 2.75) is 117 Å². The van der Waals surface area contributed by atoms with E-state index < -0.39 is 0 Å². The van der Waals surface area contributed by atoms with E-state index in [1.807, 2.05) is 0 Å². The van der Waals surface area contributed by atoms with Crippen LogP contribution in [0.1, 0.15) is 105 Å². The standard InChI is InChI=1S/C12H25N.C10H21N/c1-3-10-13(11-4-2)12-8-6-5-7-9-12;1-3-11(4-2)10-8-6-5-7-9-10/h12H,3-11H2,1-2H3;10H,3-9H2,1-2H3. The molecular weight excluding hydrogens is 292 g/mol. The molecule has 2 nitrogen and oxygen atoms in total. The van der Waals surface area contributed by atoms with Gasteiger partial charge >= 0.3 is 0 Å². The third-order valence-corrected chi connectivity index (χ3v) is 6.02. The topological polar surface area (TPSA) is 6.48 Å². The Bertz CT molecular complexity index is 257. The first-order valence-corrected chi connectivity index (χ1v) is 11.2. The molecule has 0 saturated heterocycles. The van der Waals surface area contributed by atoms with Gasteiger partial charge in [-0.1, -0.05) is 66.2 Å². The van der Waals surface area contributed by atoms with Crippen LogP contribution in [0.25, 0.3) is 0 Å². The molecule has 2 aliphatic carbocycles. The zero-order valence-electron chi connectivity index (χ0n) is 17.4. The van der Waals surface area contributed by atoms with E-state index in [2.05, 4.69) is 37.5 Å². The van der Waals surface area contributed by atoms with Gasteiger partial charge in [-0.2, -0.15) is 0 Å². The summed E-state index contributed by atoms with van der Waals surface area (Å²) in [6.07, 6.45) is 17.2. The second-order valence-electron chi connectivity index (χ2n) is 7.84. The zero-order valence-corrected chi connectivity index (χ0v) is 17.4. The summed E-state index contributed by atoms with van der Waals surface area (Å²) in [4.78, 5) is 5.33. The van der Waals surface area contributed by atoms with Gasteiger partial charge in [0, 0.05) is 12.1 Å². The van der Waals surface area contributed by atoms with E-state index in [1.54, 1.807) is 0 Å². The average Bonchev–Trinajstić information content (AvgIpc) is 2.65. The van der Waals surface area contributed by atoms with Gasteiger partial charge in [-0.05, 0) is 64.7 Å². The molecule has 144 valence electrons. The maximum Gasteiger partial charge on any atom is 0.00952 e. The maximum atomic E-state index is 2.72. The SMILES string of the molecule is CCCN(CCC)C1CCCCC1.CCN(CC)C1CCCCC1. The van der Waals surface area contributed by atoms with Gasteiger partial charge < -0.3 is 9.80 Å². The summed E-state index contributed by atoms with van der Waals surface area (Å²) < 4.78 is 0. The lowest BCUT2D eigenvalue weighted by Gasteiger charge is -2.33. The molecule has 0 aromatic rings. The van der Waals surface area contributed by atoms with Gasteiger partial charge in [0.05, 0.1) is 0 Å². The summed E-state index contributed by atoms with van der Waals surface area (Å²) in [5.74, 6) is 0. The van der Waals surface area contributed by atoms with Crippen molar-refractivity contribution >= 4 is 0 Å². The van der Waals surface area contributed by atoms with E-state index in [9.17, 15) is 0 Å². The van der Waals surface area contributed by atoms with E-state index in [4.69, 9.17) is 0 Å². The molecule has 0 aliphatic heterocycles. The molecule has 2 aliphatic rings. The van der Waals surface area contributed by atoms with Crippen molar-refractivity contribution < 1.29 is 0 Å².